The summed E-state index contributed by atoms with van der Waals surface area (Å²) in [5, 5.41) is 14.4. The van der Waals surface area contributed by atoms with E-state index in [1.54, 1.807) is 16.3 Å². The number of aromatic nitrogens is 3. The molecule has 1 heterocycles. The first-order valence-electron chi connectivity index (χ1n) is 5.81. The van der Waals surface area contributed by atoms with E-state index >= 15 is 0 Å². The number of thioether (sulfide) groups is 1. The van der Waals surface area contributed by atoms with Crippen LogP contribution in [0.1, 0.15) is 38.1 Å². The second-order valence-electron chi connectivity index (χ2n) is 4.24. The smallest absolute Gasteiger partial charge is 0.344 e. The zero-order valence-corrected chi connectivity index (χ0v) is 10.4. The molecule has 0 aliphatic heterocycles. The fraction of sp³-hybridized carbons (Fsp3) is 0.700. The van der Waals surface area contributed by atoms with Crippen molar-refractivity contribution in [2.24, 2.45) is 5.73 Å². The Hall–Kier alpha value is -1.24. The summed E-state index contributed by atoms with van der Waals surface area (Å²) in [5.74, 6) is 1.15. The van der Waals surface area contributed by atoms with Crippen molar-refractivity contribution in [2.45, 2.75) is 43.3 Å². The number of nitrogens with zero attached hydrogens (tertiary/aromatic N) is 2. The standard InChI is InChI=1S/C10H17N5OS/c11-8(12)3-1-2-6-17-10-14-13-9(16)15(10)7-4-5-7/h7H,1-6H2,(H3,11,12)(H,13,16). The third kappa shape index (κ3) is 3.36. The number of hydrogen-bond acceptors (Lipinski definition) is 4. The van der Waals surface area contributed by atoms with E-state index < -0.39 is 0 Å². The van der Waals surface area contributed by atoms with E-state index in [9.17, 15) is 4.79 Å². The van der Waals surface area contributed by atoms with Crippen LogP contribution < -0.4 is 11.4 Å². The fourth-order valence-corrected chi connectivity index (χ4v) is 2.64. The summed E-state index contributed by atoms with van der Waals surface area (Å²) in [7, 11) is 0. The maximum absolute atomic E-state index is 11.5. The lowest BCUT2D eigenvalue weighted by molar-refractivity contribution is 0.642. The maximum atomic E-state index is 11.5. The maximum Gasteiger partial charge on any atom is 0.344 e. The zero-order chi connectivity index (χ0) is 12.3. The Morgan fingerprint density at radius 1 is 1.59 bits per heavy atom. The highest BCUT2D eigenvalue weighted by Crippen LogP contribution is 2.36. The molecule has 1 saturated carbocycles. The number of rotatable bonds is 7. The molecule has 0 saturated heterocycles. The van der Waals surface area contributed by atoms with Gasteiger partial charge in [-0.1, -0.05) is 11.8 Å². The molecule has 0 atom stereocenters. The summed E-state index contributed by atoms with van der Waals surface area (Å²) in [6, 6.07) is 0.362. The third-order valence-corrected chi connectivity index (χ3v) is 3.69. The van der Waals surface area contributed by atoms with Crippen LogP contribution in [0.3, 0.4) is 0 Å². The molecule has 2 rings (SSSR count). The van der Waals surface area contributed by atoms with Crippen molar-refractivity contribution in [3.8, 4) is 0 Å². The largest absolute Gasteiger partial charge is 0.388 e. The topological polar surface area (TPSA) is 101 Å². The first-order valence-corrected chi connectivity index (χ1v) is 6.79. The summed E-state index contributed by atoms with van der Waals surface area (Å²) >= 11 is 1.60. The monoisotopic (exact) mass is 255 g/mol. The van der Waals surface area contributed by atoms with Crippen molar-refractivity contribution in [1.29, 1.82) is 5.41 Å². The summed E-state index contributed by atoms with van der Waals surface area (Å²) in [4.78, 5) is 11.5. The third-order valence-electron chi connectivity index (χ3n) is 2.66. The van der Waals surface area contributed by atoms with Crippen LogP contribution in [-0.2, 0) is 0 Å². The van der Waals surface area contributed by atoms with Crippen molar-refractivity contribution in [3.05, 3.63) is 10.5 Å². The molecule has 0 spiro atoms. The number of unbranched alkanes of at least 4 members (excludes halogenated alkanes) is 1. The van der Waals surface area contributed by atoms with Gasteiger partial charge in [-0.25, -0.2) is 9.89 Å². The molecule has 0 bridgehead atoms. The Kier molecular flexibility index (Phi) is 3.88. The van der Waals surface area contributed by atoms with Crippen LogP contribution >= 0.6 is 11.8 Å². The SMILES string of the molecule is N=C(N)CCCCSc1n[nH]c(=O)n1C1CC1. The normalized spacial score (nSPS) is 15.1. The lowest BCUT2D eigenvalue weighted by Crippen LogP contribution is -2.16. The molecule has 0 amide bonds. The van der Waals surface area contributed by atoms with E-state index in [-0.39, 0.29) is 11.5 Å². The van der Waals surface area contributed by atoms with Crippen molar-refractivity contribution in [2.75, 3.05) is 5.75 Å². The van der Waals surface area contributed by atoms with Crippen molar-refractivity contribution in [3.63, 3.8) is 0 Å². The molecule has 4 N–H and O–H groups in total. The molecule has 94 valence electrons. The number of hydrogen-bond donors (Lipinski definition) is 3. The van der Waals surface area contributed by atoms with Crippen LogP contribution in [0.2, 0.25) is 0 Å². The van der Waals surface area contributed by atoms with E-state index in [4.69, 9.17) is 11.1 Å². The van der Waals surface area contributed by atoms with E-state index in [0.29, 0.717) is 12.5 Å². The molecule has 0 unspecified atom stereocenters. The van der Waals surface area contributed by atoms with Gasteiger partial charge in [0.2, 0.25) is 0 Å². The molecule has 1 aliphatic rings. The summed E-state index contributed by atoms with van der Waals surface area (Å²) in [6.07, 6.45) is 4.71. The quantitative estimate of drug-likeness (QED) is 0.294. The molecule has 0 aromatic carbocycles. The number of nitrogens with two attached hydrogens (primary N) is 1. The molecule has 1 aliphatic carbocycles. The van der Waals surface area contributed by atoms with Gasteiger partial charge in [0, 0.05) is 18.2 Å². The first kappa shape index (κ1) is 12.2. The van der Waals surface area contributed by atoms with Gasteiger partial charge in [0.1, 0.15) is 0 Å². The Bertz CT molecular complexity index is 448. The first-order chi connectivity index (χ1) is 8.18. The average Bonchev–Trinajstić information content (AvgIpc) is 3.03. The number of amidine groups is 1. The zero-order valence-electron chi connectivity index (χ0n) is 9.61. The van der Waals surface area contributed by atoms with E-state index in [1.807, 2.05) is 0 Å². The highest BCUT2D eigenvalue weighted by molar-refractivity contribution is 7.99. The van der Waals surface area contributed by atoms with Crippen LogP contribution in [0.4, 0.5) is 0 Å². The lowest BCUT2D eigenvalue weighted by Gasteiger charge is -2.03. The predicted molar refractivity (Wildman–Crippen MR) is 67.6 cm³/mol. The molecule has 17 heavy (non-hydrogen) atoms. The highest BCUT2D eigenvalue weighted by atomic mass is 32.2. The van der Waals surface area contributed by atoms with Gasteiger partial charge < -0.3 is 5.73 Å². The Balaban J connectivity index is 1.79. The molecular weight excluding hydrogens is 238 g/mol. The molecule has 1 aromatic heterocycles. The van der Waals surface area contributed by atoms with E-state index in [2.05, 4.69) is 10.2 Å². The summed E-state index contributed by atoms with van der Waals surface area (Å²) < 4.78 is 1.76. The molecule has 1 fully saturated rings. The summed E-state index contributed by atoms with van der Waals surface area (Å²) in [5.41, 5.74) is 5.18. The van der Waals surface area contributed by atoms with Crippen molar-refractivity contribution < 1.29 is 0 Å². The number of aromatic amines is 1. The van der Waals surface area contributed by atoms with Gasteiger partial charge in [0.05, 0.1) is 5.84 Å². The van der Waals surface area contributed by atoms with E-state index in [0.717, 1.165) is 36.6 Å². The fourth-order valence-electron chi connectivity index (χ4n) is 1.63. The minimum Gasteiger partial charge on any atom is -0.388 e. The summed E-state index contributed by atoms with van der Waals surface area (Å²) in [6.45, 7) is 0. The molecule has 1 aromatic rings. The van der Waals surface area contributed by atoms with Crippen LogP contribution in [0.5, 0.6) is 0 Å². The van der Waals surface area contributed by atoms with Crippen LogP contribution in [-0.4, -0.2) is 26.4 Å². The molecule has 6 nitrogen and oxygen atoms in total. The van der Waals surface area contributed by atoms with Gasteiger partial charge in [0.15, 0.2) is 5.16 Å². The number of nitrogens with one attached hydrogen (secondary N) is 2. The van der Waals surface area contributed by atoms with Gasteiger partial charge in [-0.2, -0.15) is 0 Å². The number of H-pyrrole nitrogens is 1. The van der Waals surface area contributed by atoms with Crippen LogP contribution in [0.25, 0.3) is 0 Å². The van der Waals surface area contributed by atoms with Crippen molar-refractivity contribution >= 4 is 17.6 Å². The highest BCUT2D eigenvalue weighted by Gasteiger charge is 2.28. The predicted octanol–water partition coefficient (Wildman–Crippen LogP) is 1.10. The van der Waals surface area contributed by atoms with Crippen LogP contribution in [0, 0.1) is 5.41 Å². The van der Waals surface area contributed by atoms with Crippen LogP contribution in [0.15, 0.2) is 9.95 Å². The Morgan fingerprint density at radius 3 is 3.00 bits per heavy atom. The Morgan fingerprint density at radius 2 is 2.35 bits per heavy atom. The van der Waals surface area contributed by atoms with Gasteiger partial charge in [-0.3, -0.25) is 9.98 Å². The van der Waals surface area contributed by atoms with Gasteiger partial charge in [0.25, 0.3) is 0 Å². The Labute approximate surface area is 103 Å². The van der Waals surface area contributed by atoms with E-state index in [1.165, 1.54) is 0 Å². The molecule has 7 heteroatoms. The second-order valence-corrected chi connectivity index (χ2v) is 5.31. The average molecular weight is 255 g/mol. The molecular formula is C10H17N5OS. The lowest BCUT2D eigenvalue weighted by atomic mass is 10.2. The molecule has 0 radical (unpaired) electrons. The van der Waals surface area contributed by atoms with Gasteiger partial charge in [-0.05, 0) is 25.7 Å². The van der Waals surface area contributed by atoms with Gasteiger partial charge >= 0.3 is 5.69 Å². The minimum absolute atomic E-state index is 0.0984. The van der Waals surface area contributed by atoms with Crippen molar-refractivity contribution in [1.82, 2.24) is 14.8 Å². The van der Waals surface area contributed by atoms with Gasteiger partial charge in [-0.15, -0.1) is 5.10 Å². The second kappa shape index (κ2) is 5.39. The minimum atomic E-state index is -0.0984.